The number of hydrogen-bond donors (Lipinski definition) is 1. The van der Waals surface area contributed by atoms with Crippen LogP contribution in [0.25, 0.3) is 0 Å². The van der Waals surface area contributed by atoms with E-state index in [0.717, 1.165) is 18.8 Å². The third-order valence-corrected chi connectivity index (χ3v) is 4.12. The molecule has 18 heavy (non-hydrogen) atoms. The molecule has 1 N–H and O–H groups in total. The van der Waals surface area contributed by atoms with Gasteiger partial charge in [-0.1, -0.05) is 26.2 Å². The predicted octanol–water partition coefficient (Wildman–Crippen LogP) is 2.96. The number of hydrogen-bond acceptors (Lipinski definition) is 2. The van der Waals surface area contributed by atoms with Gasteiger partial charge in [-0.05, 0) is 29.9 Å². The monoisotopic (exact) mass is 245 g/mol. The largest absolute Gasteiger partial charge is 0.342 e. The molecule has 1 aromatic rings. The first-order valence-corrected chi connectivity index (χ1v) is 6.89. The molecule has 1 saturated carbocycles. The molecule has 2 rings (SSSR count). The fourth-order valence-electron chi connectivity index (χ4n) is 2.93. The number of nitrogens with zero attached hydrogens (tertiary/aromatic N) is 2. The number of rotatable bonds is 4. The summed E-state index contributed by atoms with van der Waals surface area (Å²) in [6, 6.07) is 4.17. The third-order valence-electron chi connectivity index (χ3n) is 4.12. The maximum atomic E-state index is 8.91. The molecule has 0 unspecified atom stereocenters. The van der Waals surface area contributed by atoms with Crippen LogP contribution in [0, 0.1) is 16.7 Å². The van der Waals surface area contributed by atoms with E-state index in [4.69, 9.17) is 5.26 Å². The van der Waals surface area contributed by atoms with Gasteiger partial charge in [0.15, 0.2) is 0 Å². The van der Waals surface area contributed by atoms with Crippen LogP contribution in [0.3, 0.4) is 0 Å². The maximum absolute atomic E-state index is 8.91. The van der Waals surface area contributed by atoms with Crippen LogP contribution in [0.5, 0.6) is 0 Å². The van der Waals surface area contributed by atoms with Crippen molar-refractivity contribution in [3.05, 3.63) is 23.5 Å². The van der Waals surface area contributed by atoms with Crippen LogP contribution >= 0.6 is 0 Å². The van der Waals surface area contributed by atoms with Gasteiger partial charge in [0.1, 0.15) is 11.8 Å². The van der Waals surface area contributed by atoms with Crippen LogP contribution in [0.4, 0.5) is 0 Å². The first kappa shape index (κ1) is 13.2. The van der Waals surface area contributed by atoms with Gasteiger partial charge in [0, 0.05) is 26.3 Å². The molecule has 1 aliphatic rings. The standard InChI is InChI=1S/C15H23N3/c1-15(6-4-3-5-7-15)12-17-10-13-8-14(9-16)18(2)11-13/h8,11,17H,3-7,10,12H2,1-2H3. The van der Waals surface area contributed by atoms with Gasteiger partial charge in [0.25, 0.3) is 0 Å². The second-order valence-corrected chi connectivity index (χ2v) is 5.93. The lowest BCUT2D eigenvalue weighted by Crippen LogP contribution is -2.33. The summed E-state index contributed by atoms with van der Waals surface area (Å²) < 4.78 is 1.89. The Morgan fingerprint density at radius 2 is 2.11 bits per heavy atom. The molecule has 1 aliphatic carbocycles. The number of aromatic nitrogens is 1. The lowest BCUT2D eigenvalue weighted by molar-refractivity contribution is 0.207. The summed E-state index contributed by atoms with van der Waals surface area (Å²) in [6.45, 7) is 4.35. The van der Waals surface area contributed by atoms with Crippen LogP contribution in [0.15, 0.2) is 12.3 Å². The highest BCUT2D eigenvalue weighted by molar-refractivity contribution is 5.28. The summed E-state index contributed by atoms with van der Waals surface area (Å²) in [5.41, 5.74) is 2.41. The van der Waals surface area contributed by atoms with Gasteiger partial charge in [0.05, 0.1) is 0 Å². The van der Waals surface area contributed by atoms with Crippen molar-refractivity contribution in [3.8, 4) is 6.07 Å². The van der Waals surface area contributed by atoms with E-state index >= 15 is 0 Å². The molecule has 0 saturated heterocycles. The summed E-state index contributed by atoms with van der Waals surface area (Å²) >= 11 is 0. The second-order valence-electron chi connectivity index (χ2n) is 5.93. The zero-order chi connectivity index (χ0) is 13.0. The van der Waals surface area contributed by atoms with Gasteiger partial charge in [0.2, 0.25) is 0 Å². The zero-order valence-corrected chi connectivity index (χ0v) is 11.5. The highest BCUT2D eigenvalue weighted by Crippen LogP contribution is 2.34. The molecule has 0 radical (unpaired) electrons. The lowest BCUT2D eigenvalue weighted by atomic mass is 9.76. The Hall–Kier alpha value is -1.27. The molecule has 0 aromatic carbocycles. The highest BCUT2D eigenvalue weighted by Gasteiger charge is 2.25. The Labute approximate surface area is 110 Å². The van der Waals surface area contributed by atoms with Crippen LogP contribution in [0.2, 0.25) is 0 Å². The fraction of sp³-hybridized carbons (Fsp3) is 0.667. The van der Waals surface area contributed by atoms with E-state index in [0.29, 0.717) is 5.41 Å². The predicted molar refractivity (Wildman–Crippen MR) is 73.0 cm³/mol. The van der Waals surface area contributed by atoms with Gasteiger partial charge >= 0.3 is 0 Å². The quantitative estimate of drug-likeness (QED) is 0.886. The molecule has 0 spiro atoms. The highest BCUT2D eigenvalue weighted by atomic mass is 14.9. The molecular weight excluding hydrogens is 222 g/mol. The van der Waals surface area contributed by atoms with Gasteiger partial charge in [-0.3, -0.25) is 0 Å². The SMILES string of the molecule is Cn1cc(CNCC2(C)CCCCC2)cc1C#N. The normalized spacial score (nSPS) is 18.5. The molecular formula is C15H23N3. The lowest BCUT2D eigenvalue weighted by Gasteiger charge is -2.33. The molecule has 1 heterocycles. The van der Waals surface area contributed by atoms with E-state index in [2.05, 4.69) is 18.3 Å². The number of nitrogens with one attached hydrogen (secondary N) is 1. The van der Waals surface area contributed by atoms with Crippen molar-refractivity contribution in [2.24, 2.45) is 12.5 Å². The van der Waals surface area contributed by atoms with Crippen molar-refractivity contribution in [2.75, 3.05) is 6.54 Å². The molecule has 0 amide bonds. The van der Waals surface area contributed by atoms with E-state index in [-0.39, 0.29) is 0 Å². The summed E-state index contributed by atoms with van der Waals surface area (Å²) in [5, 5.41) is 12.5. The van der Waals surface area contributed by atoms with Crippen LogP contribution in [0.1, 0.15) is 50.3 Å². The molecule has 0 atom stereocenters. The molecule has 3 heteroatoms. The van der Waals surface area contributed by atoms with E-state index in [1.807, 2.05) is 23.9 Å². The summed E-state index contributed by atoms with van der Waals surface area (Å²) in [5.74, 6) is 0. The third kappa shape index (κ3) is 3.14. The van der Waals surface area contributed by atoms with Gasteiger partial charge in [-0.15, -0.1) is 0 Å². The average Bonchev–Trinajstić information content (AvgIpc) is 2.70. The van der Waals surface area contributed by atoms with E-state index in [1.165, 1.54) is 37.7 Å². The van der Waals surface area contributed by atoms with Crippen molar-refractivity contribution >= 4 is 0 Å². The molecule has 3 nitrogen and oxygen atoms in total. The molecule has 98 valence electrons. The first-order valence-electron chi connectivity index (χ1n) is 6.89. The van der Waals surface area contributed by atoms with E-state index < -0.39 is 0 Å². The molecule has 0 bridgehead atoms. The Morgan fingerprint density at radius 1 is 1.39 bits per heavy atom. The summed E-state index contributed by atoms with van der Waals surface area (Å²) in [6.07, 6.45) is 8.88. The average molecular weight is 245 g/mol. The summed E-state index contributed by atoms with van der Waals surface area (Å²) in [7, 11) is 1.92. The molecule has 1 fully saturated rings. The van der Waals surface area contributed by atoms with Gasteiger partial charge in [-0.2, -0.15) is 5.26 Å². The van der Waals surface area contributed by atoms with Gasteiger partial charge < -0.3 is 9.88 Å². The topological polar surface area (TPSA) is 40.8 Å². The minimum absolute atomic E-state index is 0.477. The van der Waals surface area contributed by atoms with Crippen LogP contribution in [-0.2, 0) is 13.6 Å². The Balaban J connectivity index is 1.82. The maximum Gasteiger partial charge on any atom is 0.120 e. The zero-order valence-electron chi connectivity index (χ0n) is 11.5. The number of aryl methyl sites for hydroxylation is 1. The van der Waals surface area contributed by atoms with E-state index in [9.17, 15) is 0 Å². The smallest absolute Gasteiger partial charge is 0.120 e. The minimum Gasteiger partial charge on any atom is -0.342 e. The molecule has 1 aromatic heterocycles. The Kier molecular flexibility index (Phi) is 4.08. The van der Waals surface area contributed by atoms with Crippen molar-refractivity contribution < 1.29 is 0 Å². The minimum atomic E-state index is 0.477. The second kappa shape index (κ2) is 5.58. The van der Waals surface area contributed by atoms with Crippen LogP contribution in [-0.4, -0.2) is 11.1 Å². The number of nitriles is 1. The first-order chi connectivity index (χ1) is 8.63. The van der Waals surface area contributed by atoms with Crippen molar-refractivity contribution in [1.82, 2.24) is 9.88 Å². The Morgan fingerprint density at radius 3 is 2.72 bits per heavy atom. The molecule has 0 aliphatic heterocycles. The van der Waals surface area contributed by atoms with Crippen molar-refractivity contribution in [1.29, 1.82) is 5.26 Å². The van der Waals surface area contributed by atoms with E-state index in [1.54, 1.807) is 0 Å². The van der Waals surface area contributed by atoms with Crippen molar-refractivity contribution in [3.63, 3.8) is 0 Å². The summed E-state index contributed by atoms with van der Waals surface area (Å²) in [4.78, 5) is 0. The Bertz CT molecular complexity index is 433. The van der Waals surface area contributed by atoms with Gasteiger partial charge in [-0.25, -0.2) is 0 Å². The van der Waals surface area contributed by atoms with Crippen LogP contribution < -0.4 is 5.32 Å². The fourth-order valence-corrected chi connectivity index (χ4v) is 2.93. The van der Waals surface area contributed by atoms with Crippen molar-refractivity contribution in [2.45, 2.75) is 45.6 Å².